The van der Waals surface area contributed by atoms with E-state index in [1.165, 1.54) is 11.2 Å². The summed E-state index contributed by atoms with van der Waals surface area (Å²) in [6, 6.07) is 9.09. The van der Waals surface area contributed by atoms with Crippen molar-refractivity contribution >= 4 is 29.4 Å². The molecule has 1 atom stereocenters. The van der Waals surface area contributed by atoms with E-state index in [1.807, 2.05) is 0 Å². The molecule has 0 aliphatic carbocycles. The normalized spacial score (nSPS) is 19.7. The molecule has 0 spiro atoms. The summed E-state index contributed by atoms with van der Waals surface area (Å²) in [4.78, 5) is 53.8. The number of imide groups is 1. The van der Waals surface area contributed by atoms with Crippen LogP contribution in [-0.2, 0) is 14.3 Å². The number of carbonyl (C=O) groups excluding carboxylic acids is 4. The lowest BCUT2D eigenvalue weighted by Crippen LogP contribution is -3.19. The molecule has 2 fully saturated rings. The van der Waals surface area contributed by atoms with Gasteiger partial charge in [-0.15, -0.1) is 0 Å². The van der Waals surface area contributed by atoms with Crippen LogP contribution in [0.1, 0.15) is 34.3 Å². The van der Waals surface area contributed by atoms with E-state index in [0.29, 0.717) is 43.2 Å². The van der Waals surface area contributed by atoms with Crippen LogP contribution in [-0.4, -0.2) is 67.4 Å². The first-order chi connectivity index (χ1) is 15.0. The largest absolute Gasteiger partial charge is 0.462 e. The van der Waals surface area contributed by atoms with E-state index in [0.717, 1.165) is 4.90 Å². The predicted octanol–water partition coefficient (Wildman–Crippen LogP) is 0.129. The van der Waals surface area contributed by atoms with E-state index in [1.54, 1.807) is 48.2 Å². The Morgan fingerprint density at radius 1 is 1.13 bits per heavy atom. The molecule has 9 nitrogen and oxygen atoms in total. The van der Waals surface area contributed by atoms with Crippen LogP contribution >= 0.6 is 0 Å². The number of hydrogen-bond donors (Lipinski definition) is 1. The summed E-state index contributed by atoms with van der Waals surface area (Å²) in [6.45, 7) is 4.12. The van der Waals surface area contributed by atoms with Crippen molar-refractivity contribution in [1.82, 2.24) is 4.90 Å². The number of nitrogens with zero attached hydrogens (tertiary/aromatic N) is 2. The molecule has 0 radical (unpaired) electrons. The van der Waals surface area contributed by atoms with Crippen LogP contribution in [0, 0.1) is 0 Å². The number of hydrogen-bond acceptors (Lipinski definition) is 6. The number of quaternary nitrogens is 1. The molecule has 3 amide bonds. The highest BCUT2D eigenvalue weighted by molar-refractivity contribution is 6.22. The second-order valence-electron chi connectivity index (χ2n) is 7.52. The van der Waals surface area contributed by atoms with Crippen molar-refractivity contribution in [2.45, 2.75) is 19.4 Å². The number of piperazine rings is 1. The van der Waals surface area contributed by atoms with E-state index in [9.17, 15) is 19.2 Å². The fourth-order valence-corrected chi connectivity index (χ4v) is 4.08. The minimum absolute atomic E-state index is 0.125. The van der Waals surface area contributed by atoms with Gasteiger partial charge in [0.1, 0.15) is 0 Å². The quantitative estimate of drug-likeness (QED) is 0.539. The molecular formula is C22H24N3O6+. The first kappa shape index (κ1) is 20.8. The van der Waals surface area contributed by atoms with E-state index in [2.05, 4.69) is 0 Å². The maximum Gasteiger partial charge on any atom is 0.338 e. The lowest BCUT2D eigenvalue weighted by molar-refractivity contribution is -0.918. The maximum atomic E-state index is 13.0. The molecule has 1 N–H and O–H groups in total. The highest BCUT2D eigenvalue weighted by Gasteiger charge is 2.46. The van der Waals surface area contributed by atoms with Gasteiger partial charge in [-0.2, -0.15) is 0 Å². The molecule has 0 unspecified atom stereocenters. The fourth-order valence-electron chi connectivity index (χ4n) is 4.08. The SMILES string of the molecule is CCOC(=O)c1ccc(N2C(=O)C[C@H]([NH+]3CCN(C(=O)c4ccco4)CC3)C2=O)cc1. The minimum atomic E-state index is -0.474. The highest BCUT2D eigenvalue weighted by Crippen LogP contribution is 2.23. The lowest BCUT2D eigenvalue weighted by atomic mass is 10.1. The molecule has 2 aromatic rings. The third kappa shape index (κ3) is 4.09. The topological polar surface area (TPSA) is 102 Å². The molecule has 162 valence electrons. The van der Waals surface area contributed by atoms with Crippen molar-refractivity contribution in [2.24, 2.45) is 0 Å². The summed E-state index contributed by atoms with van der Waals surface area (Å²) in [5.74, 6) is -0.832. The minimum Gasteiger partial charge on any atom is -0.462 e. The Kier molecular flexibility index (Phi) is 5.85. The van der Waals surface area contributed by atoms with Crippen LogP contribution in [0.25, 0.3) is 0 Å². The Balaban J connectivity index is 1.40. The zero-order valence-electron chi connectivity index (χ0n) is 17.2. The first-order valence-electron chi connectivity index (χ1n) is 10.3. The smallest absolute Gasteiger partial charge is 0.338 e. The number of ether oxygens (including phenoxy) is 1. The van der Waals surface area contributed by atoms with Crippen molar-refractivity contribution in [1.29, 1.82) is 0 Å². The van der Waals surface area contributed by atoms with Gasteiger partial charge in [-0.05, 0) is 43.3 Å². The van der Waals surface area contributed by atoms with Gasteiger partial charge in [0.2, 0.25) is 5.91 Å². The van der Waals surface area contributed by atoms with Gasteiger partial charge in [0.05, 0.1) is 56.7 Å². The zero-order chi connectivity index (χ0) is 22.0. The second-order valence-corrected chi connectivity index (χ2v) is 7.52. The number of esters is 1. The van der Waals surface area contributed by atoms with E-state index in [-0.39, 0.29) is 30.7 Å². The molecule has 2 aliphatic heterocycles. The van der Waals surface area contributed by atoms with Gasteiger partial charge in [0.15, 0.2) is 11.8 Å². The Bertz CT molecular complexity index is 977. The number of furan rings is 1. The molecule has 0 saturated carbocycles. The third-order valence-corrected chi connectivity index (χ3v) is 5.70. The Labute approximate surface area is 179 Å². The standard InChI is InChI=1S/C22H23N3O6/c1-2-30-22(29)15-5-7-16(8-6-15)25-19(26)14-17(20(25)27)23-9-11-24(12-10-23)21(28)18-4-3-13-31-18/h3-8,13,17H,2,9-12,14H2,1H3/p+1/t17-/m0/s1. The lowest BCUT2D eigenvalue weighted by Gasteiger charge is -2.34. The maximum absolute atomic E-state index is 13.0. The van der Waals surface area contributed by atoms with Crippen molar-refractivity contribution in [2.75, 3.05) is 37.7 Å². The molecule has 2 aliphatic rings. The van der Waals surface area contributed by atoms with E-state index in [4.69, 9.17) is 9.15 Å². The molecule has 2 saturated heterocycles. The van der Waals surface area contributed by atoms with Crippen molar-refractivity contribution in [3.63, 3.8) is 0 Å². The summed E-state index contributed by atoms with van der Waals surface area (Å²) in [5.41, 5.74) is 0.806. The van der Waals surface area contributed by atoms with Gasteiger partial charge in [-0.3, -0.25) is 14.4 Å². The van der Waals surface area contributed by atoms with Crippen LogP contribution in [0.3, 0.4) is 0 Å². The van der Waals surface area contributed by atoms with Crippen LogP contribution in [0.5, 0.6) is 0 Å². The number of nitrogens with one attached hydrogen (secondary N) is 1. The Hall–Kier alpha value is -3.46. The number of rotatable bonds is 5. The Morgan fingerprint density at radius 2 is 1.84 bits per heavy atom. The van der Waals surface area contributed by atoms with Gasteiger partial charge < -0.3 is 19.0 Å². The molecule has 0 bridgehead atoms. The van der Waals surface area contributed by atoms with Gasteiger partial charge in [-0.25, -0.2) is 9.69 Å². The van der Waals surface area contributed by atoms with Gasteiger partial charge in [0, 0.05) is 0 Å². The summed E-state index contributed by atoms with van der Waals surface area (Å²) < 4.78 is 10.1. The summed E-state index contributed by atoms with van der Waals surface area (Å²) in [7, 11) is 0. The molecule has 1 aromatic heterocycles. The molecule has 31 heavy (non-hydrogen) atoms. The molecular weight excluding hydrogens is 402 g/mol. The van der Waals surface area contributed by atoms with E-state index >= 15 is 0 Å². The summed E-state index contributed by atoms with van der Waals surface area (Å²) in [6.07, 6.45) is 1.59. The van der Waals surface area contributed by atoms with Gasteiger partial charge in [0.25, 0.3) is 11.8 Å². The van der Waals surface area contributed by atoms with Crippen LogP contribution in [0.15, 0.2) is 47.1 Å². The van der Waals surface area contributed by atoms with Crippen molar-refractivity contribution in [3.8, 4) is 0 Å². The van der Waals surface area contributed by atoms with Crippen LogP contribution < -0.4 is 9.80 Å². The van der Waals surface area contributed by atoms with Crippen molar-refractivity contribution < 1.29 is 33.2 Å². The average molecular weight is 426 g/mol. The molecule has 4 rings (SSSR count). The summed E-state index contributed by atoms with van der Waals surface area (Å²) >= 11 is 0. The fraction of sp³-hybridized carbons (Fsp3) is 0.364. The van der Waals surface area contributed by atoms with Crippen LogP contribution in [0.2, 0.25) is 0 Å². The van der Waals surface area contributed by atoms with Crippen molar-refractivity contribution in [3.05, 3.63) is 54.0 Å². The zero-order valence-corrected chi connectivity index (χ0v) is 17.2. The van der Waals surface area contributed by atoms with Crippen LogP contribution in [0.4, 0.5) is 5.69 Å². The van der Waals surface area contributed by atoms with Gasteiger partial charge >= 0.3 is 5.97 Å². The van der Waals surface area contributed by atoms with E-state index < -0.39 is 12.0 Å². The molecule has 3 heterocycles. The second kappa shape index (κ2) is 8.73. The highest BCUT2D eigenvalue weighted by atomic mass is 16.5. The predicted molar refractivity (Wildman–Crippen MR) is 109 cm³/mol. The average Bonchev–Trinajstić information content (AvgIpc) is 3.42. The third-order valence-electron chi connectivity index (χ3n) is 5.70. The number of benzene rings is 1. The number of anilines is 1. The van der Waals surface area contributed by atoms with Gasteiger partial charge in [-0.1, -0.05) is 0 Å². The molecule has 9 heteroatoms. The number of carbonyl (C=O) groups is 4. The monoisotopic (exact) mass is 426 g/mol. The molecule has 1 aromatic carbocycles. The number of amides is 3. The summed E-state index contributed by atoms with van der Waals surface area (Å²) in [5, 5.41) is 0. The Morgan fingerprint density at radius 3 is 2.45 bits per heavy atom. The first-order valence-corrected chi connectivity index (χ1v) is 10.3.